The Bertz CT molecular complexity index is 1100. The van der Waals surface area contributed by atoms with Gasteiger partial charge in [-0.15, -0.1) is 0 Å². The first-order valence-corrected chi connectivity index (χ1v) is 10.8. The third-order valence-corrected chi connectivity index (χ3v) is 5.66. The predicted molar refractivity (Wildman–Crippen MR) is 115 cm³/mol. The number of sulfonamides is 1. The van der Waals surface area contributed by atoms with Crippen LogP contribution in [0.5, 0.6) is 0 Å². The Balaban J connectivity index is 1.73. The number of morpholine rings is 1. The molecule has 1 saturated heterocycles. The molecule has 2 aromatic carbocycles. The lowest BCUT2D eigenvalue weighted by Gasteiger charge is -2.28. The van der Waals surface area contributed by atoms with Crippen molar-refractivity contribution in [1.29, 1.82) is 0 Å². The first-order valence-electron chi connectivity index (χ1n) is 9.30. The molecule has 0 spiro atoms. The van der Waals surface area contributed by atoms with Crippen molar-refractivity contribution in [1.82, 2.24) is 4.83 Å². The fraction of sp³-hybridized carbons (Fsp3) is 0.263. The molecule has 1 amide bonds. The number of hydrazone groups is 1. The minimum atomic E-state index is -3.94. The number of rotatable bonds is 7. The molecule has 1 heterocycles. The van der Waals surface area contributed by atoms with Gasteiger partial charge in [0.05, 0.1) is 29.2 Å². The van der Waals surface area contributed by atoms with Crippen LogP contribution >= 0.6 is 0 Å². The number of ether oxygens (including phenoxy) is 1. The molecule has 1 aliphatic heterocycles. The van der Waals surface area contributed by atoms with E-state index < -0.39 is 14.9 Å². The number of carbonyl (C=O) groups excluding carboxylic acids is 1. The predicted octanol–water partition coefficient (Wildman–Crippen LogP) is 1.70. The van der Waals surface area contributed by atoms with Gasteiger partial charge in [0.25, 0.3) is 15.7 Å². The Hall–Kier alpha value is -3.51. The minimum absolute atomic E-state index is 0.0487. The number of hydrogen-bond donors (Lipinski definition) is 2. The highest BCUT2D eigenvalue weighted by Crippen LogP contribution is 2.29. The van der Waals surface area contributed by atoms with Gasteiger partial charge in [0, 0.05) is 37.3 Å². The third kappa shape index (κ3) is 5.77. The summed E-state index contributed by atoms with van der Waals surface area (Å²) >= 11 is 0. The van der Waals surface area contributed by atoms with Crippen LogP contribution in [-0.4, -0.2) is 51.8 Å². The molecule has 0 bridgehead atoms. The molecule has 2 aromatic rings. The summed E-state index contributed by atoms with van der Waals surface area (Å²) in [7, 11) is -3.94. The van der Waals surface area contributed by atoms with E-state index in [1.165, 1.54) is 43.5 Å². The summed E-state index contributed by atoms with van der Waals surface area (Å²) in [6, 6.07) is 10.1. The molecule has 0 aromatic heterocycles. The second-order valence-electron chi connectivity index (χ2n) is 6.66. The van der Waals surface area contributed by atoms with Crippen molar-refractivity contribution >= 4 is 39.2 Å². The van der Waals surface area contributed by atoms with E-state index >= 15 is 0 Å². The molecule has 12 heteroatoms. The maximum Gasteiger partial charge on any atom is 0.293 e. The standard InChI is InChI=1S/C19H21N5O6S/c1-14(25)21-16-3-5-17(6-4-16)31(28,29)22-20-13-15-2-7-18(19(12-15)24(26)27)23-8-10-30-11-9-23/h2-7,12-13,22H,8-11H2,1H3,(H,21,25)/b20-13+. The fourth-order valence-electron chi connectivity index (χ4n) is 2.98. The van der Waals surface area contributed by atoms with Gasteiger partial charge in [-0.1, -0.05) is 6.07 Å². The quantitative estimate of drug-likeness (QED) is 0.373. The minimum Gasteiger partial charge on any atom is -0.378 e. The average molecular weight is 447 g/mol. The summed E-state index contributed by atoms with van der Waals surface area (Å²) in [5.74, 6) is -0.271. The van der Waals surface area contributed by atoms with E-state index in [9.17, 15) is 23.3 Å². The van der Waals surface area contributed by atoms with Gasteiger partial charge in [-0.25, -0.2) is 4.83 Å². The van der Waals surface area contributed by atoms with E-state index in [1.807, 2.05) is 4.90 Å². The van der Waals surface area contributed by atoms with Crippen molar-refractivity contribution in [2.75, 3.05) is 36.5 Å². The van der Waals surface area contributed by atoms with Gasteiger partial charge in [-0.2, -0.15) is 13.5 Å². The largest absolute Gasteiger partial charge is 0.378 e. The topological polar surface area (TPSA) is 143 Å². The van der Waals surface area contributed by atoms with Gasteiger partial charge in [0.1, 0.15) is 5.69 Å². The summed E-state index contributed by atoms with van der Waals surface area (Å²) in [6.07, 6.45) is 1.19. The van der Waals surface area contributed by atoms with Crippen LogP contribution in [0.25, 0.3) is 0 Å². The van der Waals surface area contributed by atoms with Crippen molar-refractivity contribution in [3.8, 4) is 0 Å². The molecule has 31 heavy (non-hydrogen) atoms. The summed E-state index contributed by atoms with van der Waals surface area (Å²) < 4.78 is 30.0. The van der Waals surface area contributed by atoms with Crippen LogP contribution in [0, 0.1) is 10.1 Å². The second-order valence-corrected chi connectivity index (χ2v) is 8.32. The molecular formula is C19H21N5O6S. The van der Waals surface area contributed by atoms with Crippen LogP contribution in [0.2, 0.25) is 0 Å². The number of amides is 1. The van der Waals surface area contributed by atoms with Crippen LogP contribution in [0.3, 0.4) is 0 Å². The van der Waals surface area contributed by atoms with Gasteiger partial charge in [-0.3, -0.25) is 14.9 Å². The molecule has 164 valence electrons. The zero-order chi connectivity index (χ0) is 22.4. The van der Waals surface area contributed by atoms with Gasteiger partial charge in [0.15, 0.2) is 0 Å². The Morgan fingerprint density at radius 3 is 2.48 bits per heavy atom. The molecule has 0 saturated carbocycles. The number of hydrogen-bond acceptors (Lipinski definition) is 8. The SMILES string of the molecule is CC(=O)Nc1ccc(S(=O)(=O)N/N=C/c2ccc(N3CCOCC3)c([N+](=O)[O-])c2)cc1. The van der Waals surface area contributed by atoms with Gasteiger partial charge in [0.2, 0.25) is 5.91 Å². The van der Waals surface area contributed by atoms with E-state index in [4.69, 9.17) is 4.74 Å². The van der Waals surface area contributed by atoms with E-state index in [-0.39, 0.29) is 16.5 Å². The summed E-state index contributed by atoms with van der Waals surface area (Å²) in [6.45, 7) is 3.43. The van der Waals surface area contributed by atoms with E-state index in [2.05, 4.69) is 15.2 Å². The lowest BCUT2D eigenvalue weighted by atomic mass is 10.1. The maximum atomic E-state index is 12.4. The van der Waals surface area contributed by atoms with E-state index in [0.29, 0.717) is 43.2 Å². The van der Waals surface area contributed by atoms with Gasteiger partial charge >= 0.3 is 0 Å². The summed E-state index contributed by atoms with van der Waals surface area (Å²) in [5, 5.41) is 17.8. The van der Waals surface area contributed by atoms with Crippen LogP contribution in [-0.2, 0) is 19.6 Å². The Kier molecular flexibility index (Phi) is 6.82. The van der Waals surface area contributed by atoms with Crippen LogP contribution in [0.4, 0.5) is 17.1 Å². The average Bonchev–Trinajstić information content (AvgIpc) is 2.74. The monoisotopic (exact) mass is 447 g/mol. The Morgan fingerprint density at radius 1 is 1.19 bits per heavy atom. The van der Waals surface area contributed by atoms with E-state index in [0.717, 1.165) is 0 Å². The lowest BCUT2D eigenvalue weighted by Crippen LogP contribution is -2.36. The zero-order valence-corrected chi connectivity index (χ0v) is 17.5. The molecule has 0 atom stereocenters. The van der Waals surface area contributed by atoms with Crippen LogP contribution in [0.1, 0.15) is 12.5 Å². The summed E-state index contributed by atoms with van der Waals surface area (Å²) in [5.41, 5.74) is 1.21. The molecule has 0 aliphatic carbocycles. The molecule has 3 rings (SSSR count). The highest BCUT2D eigenvalue weighted by atomic mass is 32.2. The maximum absolute atomic E-state index is 12.4. The van der Waals surface area contributed by atoms with Crippen LogP contribution in [0.15, 0.2) is 52.5 Å². The first kappa shape index (κ1) is 22.2. The number of nitrogens with zero attached hydrogens (tertiary/aromatic N) is 3. The first-order chi connectivity index (χ1) is 14.8. The lowest BCUT2D eigenvalue weighted by molar-refractivity contribution is -0.384. The number of nitro groups is 1. The molecular weight excluding hydrogens is 426 g/mol. The number of nitrogens with one attached hydrogen (secondary N) is 2. The molecule has 0 unspecified atom stereocenters. The fourth-order valence-corrected chi connectivity index (χ4v) is 3.77. The molecule has 1 fully saturated rings. The van der Waals surface area contributed by atoms with Crippen molar-refractivity contribution < 1.29 is 22.9 Å². The molecule has 11 nitrogen and oxygen atoms in total. The number of benzene rings is 2. The van der Waals surface area contributed by atoms with Gasteiger partial charge < -0.3 is 15.0 Å². The zero-order valence-electron chi connectivity index (χ0n) is 16.6. The Morgan fingerprint density at radius 2 is 1.87 bits per heavy atom. The normalized spacial score (nSPS) is 14.4. The molecule has 0 radical (unpaired) electrons. The highest BCUT2D eigenvalue weighted by molar-refractivity contribution is 7.89. The Labute approximate surface area is 178 Å². The van der Waals surface area contributed by atoms with Crippen LogP contribution < -0.4 is 15.0 Å². The van der Waals surface area contributed by atoms with Crippen molar-refractivity contribution in [2.24, 2.45) is 5.10 Å². The van der Waals surface area contributed by atoms with Crippen molar-refractivity contribution in [3.63, 3.8) is 0 Å². The smallest absolute Gasteiger partial charge is 0.293 e. The second kappa shape index (κ2) is 9.53. The number of anilines is 2. The van der Waals surface area contributed by atoms with Crippen molar-refractivity contribution in [3.05, 3.63) is 58.1 Å². The highest BCUT2D eigenvalue weighted by Gasteiger charge is 2.21. The molecule has 1 aliphatic rings. The van der Waals surface area contributed by atoms with E-state index in [1.54, 1.807) is 12.1 Å². The third-order valence-electron chi connectivity index (χ3n) is 4.42. The number of nitro benzene ring substituents is 1. The number of carbonyl (C=O) groups is 1. The molecule has 2 N–H and O–H groups in total. The van der Waals surface area contributed by atoms with Gasteiger partial charge in [-0.05, 0) is 30.3 Å². The summed E-state index contributed by atoms with van der Waals surface area (Å²) in [4.78, 5) is 25.9. The van der Waals surface area contributed by atoms with Crippen molar-refractivity contribution in [2.45, 2.75) is 11.8 Å².